The van der Waals surface area contributed by atoms with Gasteiger partial charge in [-0.1, -0.05) is 30.3 Å². The number of aryl methyl sites for hydroxylation is 1. The number of esters is 1. The monoisotopic (exact) mass is 499 g/mol. The number of benzene rings is 3. The number of carbonyl (C=O) groups is 1. The van der Waals surface area contributed by atoms with Gasteiger partial charge in [0.1, 0.15) is 12.4 Å². The molecule has 0 radical (unpaired) electrons. The van der Waals surface area contributed by atoms with Crippen LogP contribution in [0.3, 0.4) is 0 Å². The zero-order valence-corrected chi connectivity index (χ0v) is 21.4. The van der Waals surface area contributed by atoms with Gasteiger partial charge in [0.15, 0.2) is 11.3 Å². The molecule has 1 fully saturated rings. The summed E-state index contributed by atoms with van der Waals surface area (Å²) in [5.41, 5.74) is 12.5. The van der Waals surface area contributed by atoms with E-state index in [-0.39, 0.29) is 12.4 Å². The number of furan rings is 1. The minimum atomic E-state index is -0.272. The summed E-state index contributed by atoms with van der Waals surface area (Å²) in [5.74, 6) is 1.75. The largest absolute Gasteiger partial charge is 0.489 e. The normalized spacial score (nSPS) is 13.1. The quantitative estimate of drug-likeness (QED) is 0.242. The highest BCUT2D eigenvalue weighted by atomic mass is 16.5. The lowest BCUT2D eigenvalue weighted by Crippen LogP contribution is -2.09. The summed E-state index contributed by atoms with van der Waals surface area (Å²) in [6.45, 7) is 5.62. The van der Waals surface area contributed by atoms with Gasteiger partial charge in [-0.25, -0.2) is 0 Å². The molecule has 1 heterocycles. The van der Waals surface area contributed by atoms with E-state index in [1.54, 1.807) is 13.2 Å². The van der Waals surface area contributed by atoms with Gasteiger partial charge in [0.05, 0.1) is 25.9 Å². The number of fused-ring (bicyclic) bond motifs is 1. The van der Waals surface area contributed by atoms with Crippen molar-refractivity contribution in [2.45, 2.75) is 46.3 Å². The van der Waals surface area contributed by atoms with Crippen LogP contribution in [0.2, 0.25) is 0 Å². The highest BCUT2D eigenvalue weighted by molar-refractivity contribution is 5.91. The van der Waals surface area contributed by atoms with Crippen LogP contribution in [0, 0.1) is 12.8 Å². The Bertz CT molecular complexity index is 1400. The molecule has 37 heavy (non-hydrogen) atoms. The Kier molecular flexibility index (Phi) is 7.47. The van der Waals surface area contributed by atoms with E-state index in [2.05, 4.69) is 18.2 Å². The van der Waals surface area contributed by atoms with Crippen LogP contribution in [0.15, 0.2) is 65.3 Å². The maximum Gasteiger partial charge on any atom is 0.310 e. The van der Waals surface area contributed by atoms with Crippen LogP contribution in [0.5, 0.6) is 11.5 Å². The SMILES string of the molecule is CCOC(=O)Cc1ccc(C)cc1OCc1coc2c(OCC3CC3)cc(-c3cccc(CN)c3)cc12. The summed E-state index contributed by atoms with van der Waals surface area (Å²) in [6, 6.07) is 18.2. The van der Waals surface area contributed by atoms with Crippen LogP contribution in [-0.2, 0) is 29.1 Å². The molecule has 0 atom stereocenters. The second-order valence-electron chi connectivity index (χ2n) is 9.65. The molecule has 0 spiro atoms. The number of nitrogens with two attached hydrogens (primary N) is 1. The van der Waals surface area contributed by atoms with E-state index in [9.17, 15) is 4.79 Å². The molecule has 1 aromatic heterocycles. The van der Waals surface area contributed by atoms with Gasteiger partial charge in [-0.05, 0) is 79.1 Å². The molecule has 5 rings (SSSR count). The molecule has 0 aliphatic heterocycles. The van der Waals surface area contributed by atoms with Crippen molar-refractivity contribution in [2.24, 2.45) is 11.7 Å². The summed E-state index contributed by atoms with van der Waals surface area (Å²) in [7, 11) is 0. The lowest BCUT2D eigenvalue weighted by molar-refractivity contribution is -0.142. The highest BCUT2D eigenvalue weighted by Gasteiger charge is 2.23. The van der Waals surface area contributed by atoms with Crippen LogP contribution < -0.4 is 15.2 Å². The van der Waals surface area contributed by atoms with Gasteiger partial charge in [0, 0.05) is 23.1 Å². The van der Waals surface area contributed by atoms with Crippen molar-refractivity contribution >= 4 is 16.9 Å². The lowest BCUT2D eigenvalue weighted by Gasteiger charge is -2.13. The van der Waals surface area contributed by atoms with Gasteiger partial charge in [-0.2, -0.15) is 0 Å². The van der Waals surface area contributed by atoms with Crippen molar-refractivity contribution in [3.05, 3.63) is 83.1 Å². The number of rotatable bonds is 11. The maximum absolute atomic E-state index is 12.1. The third-order valence-corrected chi connectivity index (χ3v) is 6.63. The van der Waals surface area contributed by atoms with E-state index in [0.29, 0.717) is 43.6 Å². The van der Waals surface area contributed by atoms with Crippen molar-refractivity contribution < 1.29 is 23.4 Å². The molecule has 1 aliphatic carbocycles. The first kappa shape index (κ1) is 24.9. The van der Waals surface area contributed by atoms with Crippen molar-refractivity contribution in [3.8, 4) is 22.6 Å². The first-order chi connectivity index (χ1) is 18.0. The molecule has 1 aliphatic rings. The zero-order chi connectivity index (χ0) is 25.8. The average Bonchev–Trinajstić information content (AvgIpc) is 3.65. The molecule has 2 N–H and O–H groups in total. The number of ether oxygens (including phenoxy) is 3. The molecule has 6 nitrogen and oxygen atoms in total. The van der Waals surface area contributed by atoms with Gasteiger partial charge in [-0.15, -0.1) is 0 Å². The zero-order valence-electron chi connectivity index (χ0n) is 21.4. The standard InChI is InChI=1S/C31H33NO5/c1-3-34-30(33)15-24-10-7-20(2)11-28(24)36-18-26-19-37-31-27(26)13-25(14-29(31)35-17-21-8-9-21)23-6-4-5-22(12-23)16-32/h4-7,10-14,19,21H,3,8-9,15-18,32H2,1-2H3. The van der Waals surface area contributed by atoms with E-state index in [4.69, 9.17) is 24.4 Å². The average molecular weight is 500 g/mol. The molecule has 4 aromatic rings. The molecular formula is C31H33NO5. The number of hydrogen-bond acceptors (Lipinski definition) is 6. The Morgan fingerprint density at radius 1 is 1.00 bits per heavy atom. The fourth-order valence-electron chi connectivity index (χ4n) is 4.38. The number of hydrogen-bond donors (Lipinski definition) is 1. The first-order valence-corrected chi connectivity index (χ1v) is 12.9. The van der Waals surface area contributed by atoms with Gasteiger partial charge >= 0.3 is 5.97 Å². The Balaban J connectivity index is 1.46. The number of carbonyl (C=O) groups excluding carboxylic acids is 1. The summed E-state index contributed by atoms with van der Waals surface area (Å²) in [5, 5.41) is 0.945. The fraction of sp³-hybridized carbons (Fsp3) is 0.323. The molecule has 192 valence electrons. The third kappa shape index (κ3) is 5.97. The molecule has 0 saturated heterocycles. The summed E-state index contributed by atoms with van der Waals surface area (Å²) in [4.78, 5) is 12.1. The molecule has 3 aromatic carbocycles. The second-order valence-corrected chi connectivity index (χ2v) is 9.65. The smallest absolute Gasteiger partial charge is 0.310 e. The maximum atomic E-state index is 12.1. The van der Waals surface area contributed by atoms with Crippen LogP contribution in [0.1, 0.15) is 42.0 Å². The predicted octanol–water partition coefficient (Wildman–Crippen LogP) is 6.34. The minimum absolute atomic E-state index is 0.163. The third-order valence-electron chi connectivity index (χ3n) is 6.63. The molecule has 0 bridgehead atoms. The molecule has 1 saturated carbocycles. The van der Waals surface area contributed by atoms with Crippen molar-refractivity contribution in [3.63, 3.8) is 0 Å². The van der Waals surface area contributed by atoms with Crippen molar-refractivity contribution in [1.29, 1.82) is 0 Å². The molecule has 0 amide bonds. The topological polar surface area (TPSA) is 83.9 Å². The van der Waals surface area contributed by atoms with Crippen molar-refractivity contribution in [2.75, 3.05) is 13.2 Å². The van der Waals surface area contributed by atoms with Crippen molar-refractivity contribution in [1.82, 2.24) is 0 Å². The van der Waals surface area contributed by atoms with E-state index < -0.39 is 0 Å². The van der Waals surface area contributed by atoms with Gasteiger partial charge in [-0.3, -0.25) is 4.79 Å². The van der Waals surface area contributed by atoms with Crippen LogP contribution in [0.4, 0.5) is 0 Å². The van der Waals surface area contributed by atoms with Gasteiger partial charge in [0.2, 0.25) is 0 Å². The molecule has 6 heteroatoms. The Hall–Kier alpha value is -3.77. The second kappa shape index (κ2) is 11.1. The lowest BCUT2D eigenvalue weighted by atomic mass is 10.00. The van der Waals surface area contributed by atoms with E-state index in [1.807, 2.05) is 43.3 Å². The minimum Gasteiger partial charge on any atom is -0.489 e. The molecular weight excluding hydrogens is 466 g/mol. The Morgan fingerprint density at radius 3 is 2.65 bits per heavy atom. The Morgan fingerprint density at radius 2 is 1.86 bits per heavy atom. The van der Waals surface area contributed by atoms with Crippen LogP contribution in [-0.4, -0.2) is 19.2 Å². The summed E-state index contributed by atoms with van der Waals surface area (Å²) < 4.78 is 23.6. The predicted molar refractivity (Wildman–Crippen MR) is 144 cm³/mol. The summed E-state index contributed by atoms with van der Waals surface area (Å²) in [6.07, 6.45) is 4.32. The van der Waals surface area contributed by atoms with E-state index >= 15 is 0 Å². The highest BCUT2D eigenvalue weighted by Crippen LogP contribution is 2.38. The van der Waals surface area contributed by atoms with E-state index in [0.717, 1.165) is 44.5 Å². The fourth-order valence-corrected chi connectivity index (χ4v) is 4.38. The van der Waals surface area contributed by atoms with Gasteiger partial charge in [0.25, 0.3) is 0 Å². The summed E-state index contributed by atoms with van der Waals surface area (Å²) >= 11 is 0. The first-order valence-electron chi connectivity index (χ1n) is 12.9. The Labute approximate surface area is 217 Å². The van der Waals surface area contributed by atoms with Crippen LogP contribution in [0.25, 0.3) is 22.1 Å². The van der Waals surface area contributed by atoms with Crippen LogP contribution >= 0.6 is 0 Å². The van der Waals surface area contributed by atoms with E-state index in [1.165, 1.54) is 12.8 Å². The molecule has 0 unspecified atom stereocenters. The van der Waals surface area contributed by atoms with Gasteiger partial charge < -0.3 is 24.4 Å².